The van der Waals surface area contributed by atoms with Crippen molar-refractivity contribution in [1.82, 2.24) is 15.3 Å². The summed E-state index contributed by atoms with van der Waals surface area (Å²) in [6.45, 7) is 4.42. The smallest absolute Gasteiger partial charge is 0.132 e. The van der Waals surface area contributed by atoms with Crippen molar-refractivity contribution in [3.8, 4) is 22.8 Å². The minimum Gasteiger partial charge on any atom is -0.497 e. The Labute approximate surface area is 132 Å². The van der Waals surface area contributed by atoms with Crippen molar-refractivity contribution < 1.29 is 9.47 Å². The number of aromatic amines is 1. The first kappa shape index (κ1) is 16.4. The van der Waals surface area contributed by atoms with E-state index in [0.29, 0.717) is 5.92 Å². The molecule has 0 radical (unpaired) electrons. The maximum Gasteiger partial charge on any atom is 0.132 e. The van der Waals surface area contributed by atoms with E-state index in [-0.39, 0.29) is 6.04 Å². The Balaban J connectivity index is 2.31. The van der Waals surface area contributed by atoms with Crippen LogP contribution in [0.25, 0.3) is 11.3 Å². The second kappa shape index (κ2) is 7.31. The Kier molecular flexibility index (Phi) is 5.44. The molecule has 1 heterocycles. The van der Waals surface area contributed by atoms with Gasteiger partial charge in [-0.25, -0.2) is 4.98 Å². The van der Waals surface area contributed by atoms with Crippen LogP contribution < -0.4 is 14.8 Å². The van der Waals surface area contributed by atoms with E-state index in [0.717, 1.165) is 35.0 Å². The molecule has 0 unspecified atom stereocenters. The summed E-state index contributed by atoms with van der Waals surface area (Å²) in [5.74, 6) is 3.07. The van der Waals surface area contributed by atoms with Gasteiger partial charge in [-0.1, -0.05) is 13.8 Å². The number of H-pyrrole nitrogens is 1. The third-order valence-electron chi connectivity index (χ3n) is 3.67. The van der Waals surface area contributed by atoms with Crippen molar-refractivity contribution in [2.75, 3.05) is 21.3 Å². The lowest BCUT2D eigenvalue weighted by molar-refractivity contribution is 0.395. The van der Waals surface area contributed by atoms with Gasteiger partial charge in [-0.05, 0) is 31.5 Å². The molecule has 0 aliphatic heterocycles. The average Bonchev–Trinajstić information content (AvgIpc) is 3.01. The Bertz CT molecular complexity index is 608. The van der Waals surface area contributed by atoms with Gasteiger partial charge in [-0.3, -0.25) is 0 Å². The molecule has 0 amide bonds. The van der Waals surface area contributed by atoms with Crippen LogP contribution in [-0.4, -0.2) is 31.2 Å². The second-order valence-electron chi connectivity index (χ2n) is 5.71. The molecule has 2 N–H and O–H groups in total. The fraction of sp³-hybridized carbons (Fsp3) is 0.471. The van der Waals surface area contributed by atoms with E-state index < -0.39 is 0 Å². The third kappa shape index (κ3) is 3.60. The monoisotopic (exact) mass is 303 g/mol. The topological polar surface area (TPSA) is 59.2 Å². The fourth-order valence-electron chi connectivity index (χ4n) is 2.50. The molecule has 5 heteroatoms. The highest BCUT2D eigenvalue weighted by Crippen LogP contribution is 2.33. The van der Waals surface area contributed by atoms with E-state index in [1.807, 2.05) is 31.4 Å². The zero-order chi connectivity index (χ0) is 16.1. The van der Waals surface area contributed by atoms with E-state index in [4.69, 9.17) is 14.5 Å². The Hall–Kier alpha value is -2.01. The van der Waals surface area contributed by atoms with Crippen molar-refractivity contribution in [1.29, 1.82) is 0 Å². The molecule has 1 aromatic heterocycles. The quantitative estimate of drug-likeness (QED) is 0.823. The molecule has 0 aliphatic rings. The standard InChI is InChI=1S/C17H25N3O2/c1-11(2)8-14(18-3)17-19-10-15(20-17)13-7-6-12(21-4)9-16(13)22-5/h6-7,9-11,14,18H,8H2,1-5H3,(H,19,20)/t14-/m0/s1. The number of rotatable bonds is 7. The van der Waals surface area contributed by atoms with E-state index in [2.05, 4.69) is 24.1 Å². The summed E-state index contributed by atoms with van der Waals surface area (Å²) in [7, 11) is 5.26. The predicted octanol–water partition coefficient (Wildman–Crippen LogP) is 3.40. The van der Waals surface area contributed by atoms with Gasteiger partial charge in [0.05, 0.1) is 26.0 Å². The van der Waals surface area contributed by atoms with Crippen LogP contribution >= 0.6 is 0 Å². The van der Waals surface area contributed by atoms with E-state index in [1.165, 1.54) is 0 Å². The van der Waals surface area contributed by atoms with Gasteiger partial charge in [-0.2, -0.15) is 0 Å². The minimum absolute atomic E-state index is 0.220. The highest BCUT2D eigenvalue weighted by molar-refractivity contribution is 5.68. The summed E-state index contributed by atoms with van der Waals surface area (Å²) in [5, 5.41) is 3.32. The number of aromatic nitrogens is 2. The van der Waals surface area contributed by atoms with Crippen molar-refractivity contribution in [3.05, 3.63) is 30.2 Å². The summed E-state index contributed by atoms with van der Waals surface area (Å²) in [6, 6.07) is 5.97. The summed E-state index contributed by atoms with van der Waals surface area (Å²) in [6.07, 6.45) is 2.95. The third-order valence-corrected chi connectivity index (χ3v) is 3.67. The molecule has 0 saturated carbocycles. The second-order valence-corrected chi connectivity index (χ2v) is 5.71. The van der Waals surface area contributed by atoms with Crippen LogP contribution in [0.1, 0.15) is 32.1 Å². The van der Waals surface area contributed by atoms with E-state index in [9.17, 15) is 0 Å². The first-order chi connectivity index (χ1) is 10.6. The molecule has 120 valence electrons. The number of nitrogens with zero attached hydrogens (tertiary/aromatic N) is 1. The van der Waals surface area contributed by atoms with Gasteiger partial charge in [0.1, 0.15) is 17.3 Å². The van der Waals surface area contributed by atoms with Gasteiger partial charge in [0, 0.05) is 17.8 Å². The van der Waals surface area contributed by atoms with Gasteiger partial charge in [0.25, 0.3) is 0 Å². The van der Waals surface area contributed by atoms with Crippen molar-refractivity contribution in [2.45, 2.75) is 26.3 Å². The zero-order valence-electron chi connectivity index (χ0n) is 13.9. The number of nitrogens with one attached hydrogen (secondary N) is 2. The molecule has 2 rings (SSSR count). The maximum absolute atomic E-state index is 5.45. The Morgan fingerprint density at radius 1 is 1.23 bits per heavy atom. The molecule has 2 aromatic rings. The van der Waals surface area contributed by atoms with Crippen LogP contribution in [0.15, 0.2) is 24.4 Å². The molecule has 1 atom stereocenters. The Morgan fingerprint density at radius 3 is 2.59 bits per heavy atom. The van der Waals surface area contributed by atoms with E-state index in [1.54, 1.807) is 14.2 Å². The van der Waals surface area contributed by atoms with Crippen molar-refractivity contribution >= 4 is 0 Å². The lowest BCUT2D eigenvalue weighted by Crippen LogP contribution is -2.19. The minimum atomic E-state index is 0.220. The van der Waals surface area contributed by atoms with Crippen LogP contribution in [0.5, 0.6) is 11.5 Å². The SMILES string of the molecule is CN[C@@H](CC(C)C)c1nc(-c2ccc(OC)cc2OC)c[nH]1. The molecule has 22 heavy (non-hydrogen) atoms. The zero-order valence-corrected chi connectivity index (χ0v) is 13.9. The average molecular weight is 303 g/mol. The summed E-state index contributed by atoms with van der Waals surface area (Å²) < 4.78 is 10.7. The van der Waals surface area contributed by atoms with Crippen LogP contribution in [0.3, 0.4) is 0 Å². The number of methoxy groups -OCH3 is 2. The Morgan fingerprint density at radius 2 is 2.00 bits per heavy atom. The molecule has 0 saturated heterocycles. The number of hydrogen-bond donors (Lipinski definition) is 2. The molecular formula is C17H25N3O2. The lowest BCUT2D eigenvalue weighted by Gasteiger charge is -2.15. The molecule has 0 spiro atoms. The van der Waals surface area contributed by atoms with E-state index >= 15 is 0 Å². The van der Waals surface area contributed by atoms with Gasteiger partial charge < -0.3 is 19.8 Å². The molecular weight excluding hydrogens is 278 g/mol. The first-order valence-corrected chi connectivity index (χ1v) is 7.54. The normalized spacial score (nSPS) is 12.5. The van der Waals surface area contributed by atoms with Crippen LogP contribution in [0, 0.1) is 5.92 Å². The van der Waals surface area contributed by atoms with Gasteiger partial charge in [0.15, 0.2) is 0 Å². The lowest BCUT2D eigenvalue weighted by atomic mass is 10.0. The van der Waals surface area contributed by atoms with Crippen molar-refractivity contribution in [2.24, 2.45) is 5.92 Å². The number of ether oxygens (including phenoxy) is 2. The van der Waals surface area contributed by atoms with Crippen molar-refractivity contribution in [3.63, 3.8) is 0 Å². The van der Waals surface area contributed by atoms with Gasteiger partial charge in [0.2, 0.25) is 0 Å². The maximum atomic E-state index is 5.45. The van der Waals surface area contributed by atoms with Crippen LogP contribution in [0.2, 0.25) is 0 Å². The van der Waals surface area contributed by atoms with Gasteiger partial charge >= 0.3 is 0 Å². The molecule has 1 aromatic carbocycles. The predicted molar refractivity (Wildman–Crippen MR) is 88.4 cm³/mol. The van der Waals surface area contributed by atoms with Gasteiger partial charge in [-0.15, -0.1) is 0 Å². The highest BCUT2D eigenvalue weighted by Gasteiger charge is 2.17. The summed E-state index contributed by atoms with van der Waals surface area (Å²) in [5.41, 5.74) is 1.82. The van der Waals surface area contributed by atoms with Crippen LogP contribution in [-0.2, 0) is 0 Å². The number of hydrogen-bond acceptors (Lipinski definition) is 4. The highest BCUT2D eigenvalue weighted by atomic mass is 16.5. The molecule has 0 bridgehead atoms. The molecule has 0 aliphatic carbocycles. The summed E-state index contributed by atoms with van der Waals surface area (Å²) in [4.78, 5) is 8.01. The fourth-order valence-corrected chi connectivity index (χ4v) is 2.50. The molecule has 0 fully saturated rings. The summed E-state index contributed by atoms with van der Waals surface area (Å²) >= 11 is 0. The first-order valence-electron chi connectivity index (χ1n) is 7.54. The number of imidazole rings is 1. The van der Waals surface area contributed by atoms with Crippen LogP contribution in [0.4, 0.5) is 0 Å². The largest absolute Gasteiger partial charge is 0.497 e. The number of benzene rings is 1. The molecule has 5 nitrogen and oxygen atoms in total.